The summed E-state index contributed by atoms with van der Waals surface area (Å²) in [4.78, 5) is 12.3. The van der Waals surface area contributed by atoms with Gasteiger partial charge in [0.2, 0.25) is 15.9 Å². The van der Waals surface area contributed by atoms with Crippen LogP contribution in [-0.2, 0) is 26.0 Å². The summed E-state index contributed by atoms with van der Waals surface area (Å²) in [5.74, 6) is -1.94. The Bertz CT molecular complexity index is 1000. The molecule has 10 heteroatoms. The Morgan fingerprint density at radius 1 is 1.17 bits per heavy atom. The highest BCUT2D eigenvalue weighted by Crippen LogP contribution is 2.26. The monoisotopic (exact) mass is 440 g/mol. The molecule has 0 radical (unpaired) electrons. The van der Waals surface area contributed by atoms with Crippen LogP contribution < -0.4 is 10.1 Å². The number of carbonyl (C=O) groups is 1. The molecule has 1 heterocycles. The molecule has 1 amide bonds. The maximum Gasteiger partial charge on any atom is 0.243 e. The third kappa shape index (κ3) is 4.94. The molecule has 2 aromatic carbocycles. The number of ether oxygens (including phenoxy) is 2. The van der Waals surface area contributed by atoms with E-state index in [9.17, 15) is 22.0 Å². The van der Waals surface area contributed by atoms with Gasteiger partial charge in [-0.3, -0.25) is 4.79 Å². The summed E-state index contributed by atoms with van der Waals surface area (Å²) in [7, 11) is -2.28. The van der Waals surface area contributed by atoms with E-state index in [0.29, 0.717) is 24.5 Å². The third-order valence-corrected chi connectivity index (χ3v) is 6.60. The molecule has 162 valence electrons. The summed E-state index contributed by atoms with van der Waals surface area (Å²) < 4.78 is 64.9. The van der Waals surface area contributed by atoms with Gasteiger partial charge in [0.25, 0.3) is 0 Å². The lowest BCUT2D eigenvalue weighted by Crippen LogP contribution is -2.40. The van der Waals surface area contributed by atoms with Crippen molar-refractivity contribution in [1.82, 2.24) is 4.31 Å². The molecule has 2 aromatic rings. The van der Waals surface area contributed by atoms with E-state index in [0.717, 1.165) is 12.1 Å². The fourth-order valence-electron chi connectivity index (χ4n) is 3.11. The number of benzene rings is 2. The molecule has 1 aliphatic rings. The molecule has 1 N–H and O–H groups in total. The number of halogens is 2. The fraction of sp³-hybridized carbons (Fsp3) is 0.350. The highest BCUT2D eigenvalue weighted by Gasteiger charge is 2.27. The minimum Gasteiger partial charge on any atom is -0.496 e. The van der Waals surface area contributed by atoms with Crippen molar-refractivity contribution in [1.29, 1.82) is 0 Å². The normalized spacial score (nSPS) is 15.0. The minimum atomic E-state index is -3.71. The molecule has 0 aliphatic carbocycles. The maximum atomic E-state index is 13.7. The van der Waals surface area contributed by atoms with E-state index >= 15 is 0 Å². The van der Waals surface area contributed by atoms with E-state index in [1.54, 1.807) is 0 Å². The number of sulfonamides is 1. The lowest BCUT2D eigenvalue weighted by Gasteiger charge is -2.26. The summed E-state index contributed by atoms with van der Waals surface area (Å²) in [6.45, 7) is 1.19. The number of nitrogens with zero attached hydrogens (tertiary/aromatic N) is 1. The van der Waals surface area contributed by atoms with Crippen LogP contribution in [0.4, 0.5) is 14.5 Å². The molecular formula is C20H22F2N2O5S. The number of aryl methyl sites for hydroxylation is 1. The molecular weight excluding hydrogens is 418 g/mol. The van der Waals surface area contributed by atoms with Crippen LogP contribution in [0.5, 0.6) is 5.75 Å². The lowest BCUT2D eigenvalue weighted by molar-refractivity contribution is -0.116. The first-order valence-corrected chi connectivity index (χ1v) is 10.8. The second-order valence-corrected chi connectivity index (χ2v) is 8.57. The van der Waals surface area contributed by atoms with Crippen LogP contribution in [0.2, 0.25) is 0 Å². The van der Waals surface area contributed by atoms with Gasteiger partial charge in [-0.05, 0) is 42.3 Å². The van der Waals surface area contributed by atoms with Gasteiger partial charge < -0.3 is 14.8 Å². The largest absolute Gasteiger partial charge is 0.496 e. The van der Waals surface area contributed by atoms with Crippen LogP contribution in [0, 0.1) is 11.6 Å². The van der Waals surface area contributed by atoms with Crippen molar-refractivity contribution in [2.45, 2.75) is 17.7 Å². The van der Waals surface area contributed by atoms with Gasteiger partial charge in [-0.1, -0.05) is 6.07 Å². The molecule has 0 bridgehead atoms. The summed E-state index contributed by atoms with van der Waals surface area (Å²) in [5.41, 5.74) is -0.0194. The molecule has 1 fully saturated rings. The van der Waals surface area contributed by atoms with Gasteiger partial charge in [0, 0.05) is 19.5 Å². The van der Waals surface area contributed by atoms with Crippen LogP contribution in [0.3, 0.4) is 0 Å². The molecule has 3 rings (SSSR count). The van der Waals surface area contributed by atoms with E-state index in [2.05, 4.69) is 5.32 Å². The minimum absolute atomic E-state index is 0.0840. The van der Waals surface area contributed by atoms with Gasteiger partial charge >= 0.3 is 0 Å². The summed E-state index contributed by atoms with van der Waals surface area (Å²) in [5, 5.41) is 2.21. The number of morpholine rings is 1. The van der Waals surface area contributed by atoms with Crippen LogP contribution in [0.1, 0.15) is 12.0 Å². The quantitative estimate of drug-likeness (QED) is 0.715. The topological polar surface area (TPSA) is 84.9 Å². The van der Waals surface area contributed by atoms with Gasteiger partial charge in [0.1, 0.15) is 23.1 Å². The zero-order chi connectivity index (χ0) is 21.7. The van der Waals surface area contributed by atoms with Gasteiger partial charge in [0.05, 0.1) is 25.2 Å². The van der Waals surface area contributed by atoms with Crippen molar-refractivity contribution in [3.8, 4) is 5.75 Å². The first-order valence-electron chi connectivity index (χ1n) is 9.31. The molecule has 0 spiro atoms. The van der Waals surface area contributed by atoms with Crippen molar-refractivity contribution >= 4 is 21.6 Å². The number of hydrogen-bond acceptors (Lipinski definition) is 5. The van der Waals surface area contributed by atoms with Crippen LogP contribution in [0.15, 0.2) is 41.3 Å². The zero-order valence-corrected chi connectivity index (χ0v) is 17.2. The number of para-hydroxylation sites is 1. The van der Waals surface area contributed by atoms with Crippen molar-refractivity contribution in [3.63, 3.8) is 0 Å². The number of methoxy groups -OCH3 is 1. The number of rotatable bonds is 7. The van der Waals surface area contributed by atoms with E-state index in [4.69, 9.17) is 9.47 Å². The smallest absolute Gasteiger partial charge is 0.243 e. The molecule has 0 saturated carbocycles. The Morgan fingerprint density at radius 3 is 2.47 bits per heavy atom. The van der Waals surface area contributed by atoms with E-state index < -0.39 is 33.3 Å². The first-order chi connectivity index (χ1) is 14.3. The van der Waals surface area contributed by atoms with Gasteiger partial charge in [-0.15, -0.1) is 0 Å². The van der Waals surface area contributed by atoms with Crippen LogP contribution in [0.25, 0.3) is 0 Å². The van der Waals surface area contributed by atoms with E-state index in [1.165, 1.54) is 35.7 Å². The highest BCUT2D eigenvalue weighted by molar-refractivity contribution is 7.89. The summed E-state index contributed by atoms with van der Waals surface area (Å²) in [6, 6.07) is 7.72. The Hall–Kier alpha value is -2.56. The van der Waals surface area contributed by atoms with Crippen molar-refractivity contribution in [3.05, 3.63) is 53.6 Å². The average molecular weight is 440 g/mol. The second-order valence-electron chi connectivity index (χ2n) is 6.63. The Labute approximate surface area is 173 Å². The molecule has 7 nitrogen and oxygen atoms in total. The van der Waals surface area contributed by atoms with Crippen LogP contribution in [-0.4, -0.2) is 52.0 Å². The van der Waals surface area contributed by atoms with Crippen LogP contribution >= 0.6 is 0 Å². The first kappa shape index (κ1) is 22.1. The predicted molar refractivity (Wildman–Crippen MR) is 106 cm³/mol. The van der Waals surface area contributed by atoms with Gasteiger partial charge in [-0.25, -0.2) is 17.2 Å². The van der Waals surface area contributed by atoms with Crippen molar-refractivity contribution < 1.29 is 31.5 Å². The molecule has 0 unspecified atom stereocenters. The second kappa shape index (κ2) is 9.50. The number of carbonyl (C=O) groups excluding carboxylic acids is 1. The average Bonchev–Trinajstić information content (AvgIpc) is 2.75. The maximum absolute atomic E-state index is 13.7. The van der Waals surface area contributed by atoms with Crippen molar-refractivity contribution in [2.24, 2.45) is 0 Å². The Morgan fingerprint density at radius 2 is 1.83 bits per heavy atom. The number of nitrogens with one attached hydrogen (secondary N) is 1. The molecule has 0 atom stereocenters. The van der Waals surface area contributed by atoms with Gasteiger partial charge in [0.15, 0.2) is 0 Å². The number of amides is 1. The Kier molecular flexibility index (Phi) is 7.01. The summed E-state index contributed by atoms with van der Waals surface area (Å²) >= 11 is 0. The Balaban J connectivity index is 1.75. The standard InChI is InChI=1S/C20H22F2N2O5S/c1-28-18-7-6-15(30(26,27)24-9-11-29-12-10-24)13-14(18)5-8-19(25)23-20-16(21)3-2-4-17(20)22/h2-4,6-7,13H,5,8-12H2,1H3,(H,23,25). The highest BCUT2D eigenvalue weighted by atomic mass is 32.2. The molecule has 0 aromatic heterocycles. The SMILES string of the molecule is COc1ccc(S(=O)(=O)N2CCOCC2)cc1CCC(=O)Nc1c(F)cccc1F. The molecule has 1 aliphatic heterocycles. The predicted octanol–water partition coefficient (Wildman–Crippen LogP) is 2.57. The van der Waals surface area contributed by atoms with Gasteiger partial charge in [-0.2, -0.15) is 4.31 Å². The fourth-order valence-corrected chi connectivity index (χ4v) is 4.57. The summed E-state index contributed by atoms with van der Waals surface area (Å²) in [6.07, 6.45) is 0.00272. The molecule has 30 heavy (non-hydrogen) atoms. The van der Waals surface area contributed by atoms with Crippen molar-refractivity contribution in [2.75, 3.05) is 38.7 Å². The number of anilines is 1. The van der Waals surface area contributed by atoms with E-state index in [1.807, 2.05) is 0 Å². The third-order valence-electron chi connectivity index (χ3n) is 4.71. The zero-order valence-electron chi connectivity index (χ0n) is 16.4. The lowest BCUT2D eigenvalue weighted by atomic mass is 10.1. The van der Waals surface area contributed by atoms with E-state index in [-0.39, 0.29) is 30.8 Å². The molecule has 1 saturated heterocycles. The number of hydrogen-bond donors (Lipinski definition) is 1.